The van der Waals surface area contributed by atoms with Gasteiger partial charge in [-0.1, -0.05) is 78.9 Å². The summed E-state index contributed by atoms with van der Waals surface area (Å²) in [6.45, 7) is 0. The number of hydrogen-bond acceptors (Lipinski definition) is 2. The van der Waals surface area contributed by atoms with Gasteiger partial charge < -0.3 is 4.90 Å². The van der Waals surface area contributed by atoms with Gasteiger partial charge in [-0.25, -0.2) is 4.98 Å². The van der Waals surface area contributed by atoms with Gasteiger partial charge in [0.05, 0.1) is 28.1 Å². The molecule has 6 rings (SSSR count). The van der Waals surface area contributed by atoms with Gasteiger partial charge in [-0.2, -0.15) is 0 Å². The van der Waals surface area contributed by atoms with E-state index in [0.29, 0.717) is 0 Å². The number of aromatic nitrogens is 2. The van der Waals surface area contributed by atoms with Gasteiger partial charge in [-0.15, -0.1) is 0 Å². The lowest BCUT2D eigenvalue weighted by atomic mass is 10.1. The second-order valence-electron chi connectivity index (χ2n) is 7.37. The van der Waals surface area contributed by atoms with Crippen molar-refractivity contribution in [2.45, 2.75) is 0 Å². The lowest BCUT2D eigenvalue weighted by Crippen LogP contribution is -2.17. The summed E-state index contributed by atoms with van der Waals surface area (Å²) in [5.74, 6) is 0.970. The summed E-state index contributed by atoms with van der Waals surface area (Å²) in [6.07, 6.45) is 4.31. The smallest absolute Gasteiger partial charge is 0.145 e. The maximum atomic E-state index is 5.02. The molecule has 1 aliphatic heterocycles. The van der Waals surface area contributed by atoms with E-state index in [2.05, 4.69) is 113 Å². The van der Waals surface area contributed by atoms with Gasteiger partial charge in [0, 0.05) is 11.8 Å². The zero-order chi connectivity index (χ0) is 19.9. The summed E-state index contributed by atoms with van der Waals surface area (Å²) >= 11 is 0. The second-order valence-corrected chi connectivity index (χ2v) is 7.37. The van der Waals surface area contributed by atoms with E-state index in [1.165, 1.54) is 5.56 Å². The molecule has 3 heteroatoms. The maximum Gasteiger partial charge on any atom is 0.145 e. The fraction of sp³-hybridized carbons (Fsp3) is 0. The lowest BCUT2D eigenvalue weighted by Gasteiger charge is -2.30. The molecule has 0 unspecified atom stereocenters. The van der Waals surface area contributed by atoms with E-state index in [1.54, 1.807) is 0 Å². The van der Waals surface area contributed by atoms with Crippen LogP contribution in [-0.2, 0) is 0 Å². The van der Waals surface area contributed by atoms with Crippen molar-refractivity contribution in [2.24, 2.45) is 0 Å². The van der Waals surface area contributed by atoms with Crippen LogP contribution in [0.25, 0.3) is 34.2 Å². The highest BCUT2D eigenvalue weighted by atomic mass is 15.2. The second kappa shape index (κ2) is 6.75. The molecule has 3 nitrogen and oxygen atoms in total. The number of fused-ring (bicyclic) bond motifs is 2. The summed E-state index contributed by atoms with van der Waals surface area (Å²) in [5, 5.41) is 0. The van der Waals surface area contributed by atoms with E-state index < -0.39 is 0 Å². The van der Waals surface area contributed by atoms with Crippen molar-refractivity contribution in [1.29, 1.82) is 0 Å². The Labute approximate surface area is 175 Å². The van der Waals surface area contributed by atoms with Gasteiger partial charge in [0.15, 0.2) is 0 Å². The molecule has 30 heavy (non-hydrogen) atoms. The minimum Gasteiger partial charge on any atom is -0.313 e. The summed E-state index contributed by atoms with van der Waals surface area (Å²) < 4.78 is 2.29. The first-order chi connectivity index (χ1) is 14.9. The van der Waals surface area contributed by atoms with Gasteiger partial charge in [-0.3, -0.25) is 4.57 Å². The third-order valence-corrected chi connectivity index (χ3v) is 5.54. The summed E-state index contributed by atoms with van der Waals surface area (Å²) in [5.41, 5.74) is 7.82. The predicted molar refractivity (Wildman–Crippen MR) is 124 cm³/mol. The summed E-state index contributed by atoms with van der Waals surface area (Å²) in [6, 6.07) is 35.7. The van der Waals surface area contributed by atoms with E-state index in [0.717, 1.165) is 39.5 Å². The molecule has 0 atom stereocenters. The monoisotopic (exact) mass is 385 g/mol. The first kappa shape index (κ1) is 16.8. The topological polar surface area (TPSA) is 21.1 Å². The Balaban J connectivity index is 1.62. The Kier molecular flexibility index (Phi) is 3.78. The van der Waals surface area contributed by atoms with Gasteiger partial charge in [-0.05, 0) is 35.9 Å². The van der Waals surface area contributed by atoms with Crippen LogP contribution < -0.4 is 4.90 Å². The van der Waals surface area contributed by atoms with Crippen molar-refractivity contribution >= 4 is 28.5 Å². The molecule has 1 aromatic heterocycles. The number of hydrogen-bond donors (Lipinski definition) is 0. The molecule has 142 valence electrons. The molecule has 0 bridgehead atoms. The van der Waals surface area contributed by atoms with Crippen molar-refractivity contribution in [2.75, 3.05) is 4.90 Å². The van der Waals surface area contributed by atoms with E-state index in [9.17, 15) is 0 Å². The molecule has 0 fully saturated rings. The average molecular weight is 385 g/mol. The molecule has 0 spiro atoms. The minimum absolute atomic E-state index is 0.970. The molecular formula is C27H19N3. The van der Waals surface area contributed by atoms with Crippen LogP contribution in [0.3, 0.4) is 0 Å². The Morgan fingerprint density at radius 1 is 0.600 bits per heavy atom. The summed E-state index contributed by atoms with van der Waals surface area (Å²) in [4.78, 5) is 7.28. The molecule has 0 radical (unpaired) electrons. The Morgan fingerprint density at radius 3 is 2.07 bits per heavy atom. The minimum atomic E-state index is 0.970. The Morgan fingerprint density at radius 2 is 1.27 bits per heavy atom. The fourth-order valence-corrected chi connectivity index (χ4v) is 4.19. The molecule has 0 aliphatic carbocycles. The van der Waals surface area contributed by atoms with Crippen LogP contribution in [0.15, 0.2) is 109 Å². The molecule has 5 aromatic rings. The third kappa shape index (κ3) is 2.56. The molecule has 0 saturated carbocycles. The zero-order valence-electron chi connectivity index (χ0n) is 16.3. The lowest BCUT2D eigenvalue weighted by molar-refractivity contribution is 1.06. The number of anilines is 2. The van der Waals surface area contributed by atoms with Crippen molar-refractivity contribution < 1.29 is 0 Å². The number of benzene rings is 4. The standard InChI is InChI=1S/C27H19N3/c1-3-10-20(11-4-1)18-19-29-23-15-7-8-16-24(23)30-26-22(14-9-17-25(26)29)28-27(30)21-12-5-2-6-13-21/h1-19H/b19-18+. The van der Waals surface area contributed by atoms with Crippen molar-refractivity contribution in [3.05, 3.63) is 115 Å². The van der Waals surface area contributed by atoms with Crippen molar-refractivity contribution in [1.82, 2.24) is 9.55 Å². The Hall–Kier alpha value is -4.11. The highest BCUT2D eigenvalue weighted by Gasteiger charge is 2.26. The number of para-hydroxylation sites is 3. The molecule has 4 aromatic carbocycles. The number of nitrogens with zero attached hydrogens (tertiary/aromatic N) is 3. The van der Waals surface area contributed by atoms with Crippen LogP contribution in [-0.4, -0.2) is 9.55 Å². The molecular weight excluding hydrogens is 366 g/mol. The predicted octanol–water partition coefficient (Wildman–Crippen LogP) is 6.81. The number of rotatable bonds is 3. The highest BCUT2D eigenvalue weighted by Crippen LogP contribution is 2.44. The first-order valence-corrected chi connectivity index (χ1v) is 10.1. The quantitative estimate of drug-likeness (QED) is 0.340. The van der Waals surface area contributed by atoms with Gasteiger partial charge >= 0.3 is 0 Å². The van der Waals surface area contributed by atoms with Crippen LogP contribution in [0.2, 0.25) is 0 Å². The Bertz CT molecular complexity index is 1380. The average Bonchev–Trinajstić information content (AvgIpc) is 3.21. The fourth-order valence-electron chi connectivity index (χ4n) is 4.19. The largest absolute Gasteiger partial charge is 0.313 e. The maximum absolute atomic E-state index is 5.02. The number of imidazole rings is 1. The van der Waals surface area contributed by atoms with Crippen LogP contribution in [0, 0.1) is 0 Å². The zero-order valence-corrected chi connectivity index (χ0v) is 16.3. The molecule has 2 heterocycles. The van der Waals surface area contributed by atoms with E-state index in [-0.39, 0.29) is 0 Å². The first-order valence-electron chi connectivity index (χ1n) is 10.1. The molecule has 0 amide bonds. The SMILES string of the molecule is C(=C\N1c2ccccc2-n2c(-c3ccccc3)nc3cccc1c32)/c1ccccc1. The van der Waals surface area contributed by atoms with Crippen LogP contribution in [0.4, 0.5) is 11.4 Å². The van der Waals surface area contributed by atoms with Crippen molar-refractivity contribution in [3.8, 4) is 17.1 Å². The van der Waals surface area contributed by atoms with E-state index in [1.807, 2.05) is 12.1 Å². The molecule has 1 aliphatic rings. The molecule has 0 saturated heterocycles. The highest BCUT2D eigenvalue weighted by molar-refractivity contribution is 6.00. The third-order valence-electron chi connectivity index (χ3n) is 5.54. The molecule has 0 N–H and O–H groups in total. The normalized spacial score (nSPS) is 12.5. The van der Waals surface area contributed by atoms with E-state index in [4.69, 9.17) is 4.98 Å². The van der Waals surface area contributed by atoms with Crippen LogP contribution >= 0.6 is 0 Å². The van der Waals surface area contributed by atoms with Crippen LogP contribution in [0.1, 0.15) is 5.56 Å². The van der Waals surface area contributed by atoms with Gasteiger partial charge in [0.2, 0.25) is 0 Å². The van der Waals surface area contributed by atoms with Crippen LogP contribution in [0.5, 0.6) is 0 Å². The summed E-state index contributed by atoms with van der Waals surface area (Å²) in [7, 11) is 0. The van der Waals surface area contributed by atoms with Crippen molar-refractivity contribution in [3.63, 3.8) is 0 Å². The van der Waals surface area contributed by atoms with Gasteiger partial charge in [0.25, 0.3) is 0 Å². The van der Waals surface area contributed by atoms with Gasteiger partial charge in [0.1, 0.15) is 5.82 Å². The van der Waals surface area contributed by atoms with E-state index >= 15 is 0 Å².